The Kier molecular flexibility index (Phi) is 7.60. The number of carbonyl (C=O) groups is 2. The topological polar surface area (TPSA) is 58.0 Å². The number of aromatic nitrogens is 1. The second-order valence-electron chi connectivity index (χ2n) is 11.5. The number of carbonyl (C=O) groups excluding carboxylic acids is 2. The maximum absolute atomic E-state index is 14.1. The van der Waals surface area contributed by atoms with Crippen molar-refractivity contribution in [1.82, 2.24) is 14.4 Å². The van der Waals surface area contributed by atoms with E-state index >= 15 is 0 Å². The fraction of sp³-hybridized carbons (Fsp3) is 0.314. The molecule has 0 spiro atoms. The molecule has 216 valence electrons. The third kappa shape index (κ3) is 5.09. The number of benzene rings is 3. The highest BCUT2D eigenvalue weighted by Gasteiger charge is 2.30. The van der Waals surface area contributed by atoms with E-state index in [0.29, 0.717) is 30.4 Å². The van der Waals surface area contributed by atoms with Gasteiger partial charge in [-0.05, 0) is 73.9 Å². The van der Waals surface area contributed by atoms with Crippen LogP contribution in [0, 0.1) is 6.92 Å². The summed E-state index contributed by atoms with van der Waals surface area (Å²) >= 11 is 0. The second-order valence-corrected chi connectivity index (χ2v) is 11.5. The Hall–Kier alpha value is -4.36. The number of hydrogen-bond donors (Lipinski definition) is 0. The van der Waals surface area contributed by atoms with Crippen LogP contribution in [0.1, 0.15) is 51.5 Å². The lowest BCUT2D eigenvalue weighted by Crippen LogP contribution is -2.51. The number of para-hydroxylation sites is 2. The number of piperazine rings is 1. The van der Waals surface area contributed by atoms with Gasteiger partial charge in [-0.1, -0.05) is 42.5 Å². The van der Waals surface area contributed by atoms with E-state index in [1.807, 2.05) is 89.5 Å². The Morgan fingerprint density at radius 2 is 1.52 bits per heavy atom. The van der Waals surface area contributed by atoms with Crippen LogP contribution in [0.2, 0.25) is 0 Å². The summed E-state index contributed by atoms with van der Waals surface area (Å²) in [5, 5.41) is 0. The van der Waals surface area contributed by atoms with E-state index in [1.54, 1.807) is 7.11 Å². The average molecular weight is 563 g/mol. The van der Waals surface area contributed by atoms with Crippen molar-refractivity contribution in [2.45, 2.75) is 39.9 Å². The quantitative estimate of drug-likeness (QED) is 0.306. The summed E-state index contributed by atoms with van der Waals surface area (Å²) in [6, 6.07) is 26.2. The van der Waals surface area contributed by atoms with Gasteiger partial charge >= 0.3 is 0 Å². The molecule has 2 aliphatic heterocycles. The van der Waals surface area contributed by atoms with Crippen molar-refractivity contribution >= 4 is 17.5 Å². The molecule has 6 rings (SSSR count). The molecule has 0 radical (unpaired) electrons. The first-order chi connectivity index (χ1) is 20.4. The van der Waals surface area contributed by atoms with Crippen LogP contribution in [-0.4, -0.2) is 65.5 Å². The Morgan fingerprint density at radius 3 is 2.26 bits per heavy atom. The molecule has 7 heteroatoms. The van der Waals surface area contributed by atoms with Crippen LogP contribution in [-0.2, 0) is 13.1 Å². The molecule has 4 aromatic rings. The number of fused-ring (bicyclic) bond motifs is 2. The predicted molar refractivity (Wildman–Crippen MR) is 166 cm³/mol. The van der Waals surface area contributed by atoms with E-state index in [-0.39, 0.29) is 11.8 Å². The number of hydrogen-bond acceptors (Lipinski definition) is 4. The van der Waals surface area contributed by atoms with Gasteiger partial charge in [0.25, 0.3) is 11.8 Å². The Bertz CT molecular complexity index is 1630. The smallest absolute Gasteiger partial charge is 0.270 e. The standard InChI is InChI=1S/C35H38N4O3/c1-24(2)36-17-19-37(20-18-36)35(41)32-16-14-28-23-39(31-11-7-5-9-27(31)22-38(28)32)34(40)26-13-15-29(25(3)21-26)30-10-6-8-12-33(30)42-4/h5-16,21,24H,17-20,22-23H2,1-4H3. The number of rotatable bonds is 5. The van der Waals surface area contributed by atoms with Crippen molar-refractivity contribution in [3.05, 3.63) is 107 Å². The van der Waals surface area contributed by atoms with E-state index in [4.69, 9.17) is 4.74 Å². The maximum Gasteiger partial charge on any atom is 0.270 e. The fourth-order valence-electron chi connectivity index (χ4n) is 6.25. The molecule has 1 saturated heterocycles. The van der Waals surface area contributed by atoms with Gasteiger partial charge in [0.2, 0.25) is 0 Å². The number of anilines is 1. The average Bonchev–Trinajstić information content (AvgIpc) is 3.33. The summed E-state index contributed by atoms with van der Waals surface area (Å²) in [6.45, 7) is 10.6. The van der Waals surface area contributed by atoms with E-state index in [1.165, 1.54) is 0 Å². The minimum atomic E-state index is -0.0653. The monoisotopic (exact) mass is 562 g/mol. The minimum absolute atomic E-state index is 0.0597. The van der Waals surface area contributed by atoms with Crippen molar-refractivity contribution < 1.29 is 14.3 Å². The van der Waals surface area contributed by atoms with E-state index in [0.717, 1.165) is 65.6 Å². The largest absolute Gasteiger partial charge is 0.496 e. The van der Waals surface area contributed by atoms with Gasteiger partial charge in [0.05, 0.1) is 20.2 Å². The van der Waals surface area contributed by atoms with Crippen molar-refractivity contribution in [2.75, 3.05) is 38.2 Å². The Morgan fingerprint density at radius 1 is 0.786 bits per heavy atom. The SMILES string of the molecule is COc1ccccc1-c1ccc(C(=O)N2Cc3ccc(C(=O)N4CCN(C(C)C)CC4)n3Cc3ccccc32)cc1C. The highest BCUT2D eigenvalue weighted by Crippen LogP contribution is 2.34. The summed E-state index contributed by atoms with van der Waals surface area (Å²) in [6.07, 6.45) is 0. The van der Waals surface area contributed by atoms with Crippen LogP contribution < -0.4 is 9.64 Å². The number of methoxy groups -OCH3 is 1. The first kappa shape index (κ1) is 27.8. The van der Waals surface area contributed by atoms with Crippen LogP contribution in [0.3, 0.4) is 0 Å². The van der Waals surface area contributed by atoms with E-state index in [9.17, 15) is 9.59 Å². The zero-order valence-corrected chi connectivity index (χ0v) is 24.8. The summed E-state index contributed by atoms with van der Waals surface area (Å²) in [7, 11) is 1.67. The minimum Gasteiger partial charge on any atom is -0.496 e. The Balaban J connectivity index is 1.30. The lowest BCUT2D eigenvalue weighted by atomic mass is 9.97. The second kappa shape index (κ2) is 11.5. The molecule has 0 aliphatic carbocycles. The van der Waals surface area contributed by atoms with Crippen molar-refractivity contribution in [2.24, 2.45) is 0 Å². The van der Waals surface area contributed by atoms with Crippen molar-refractivity contribution in [3.8, 4) is 16.9 Å². The lowest BCUT2D eigenvalue weighted by Gasteiger charge is -2.37. The van der Waals surface area contributed by atoms with Crippen LogP contribution in [0.25, 0.3) is 11.1 Å². The first-order valence-electron chi connectivity index (χ1n) is 14.7. The normalized spacial score (nSPS) is 15.3. The number of ether oxygens (including phenoxy) is 1. The van der Waals surface area contributed by atoms with Crippen LogP contribution >= 0.6 is 0 Å². The Labute approximate surface area is 247 Å². The van der Waals surface area contributed by atoms with Gasteiger partial charge in [0, 0.05) is 54.7 Å². The molecule has 0 unspecified atom stereocenters. The molecular weight excluding hydrogens is 524 g/mol. The predicted octanol–water partition coefficient (Wildman–Crippen LogP) is 5.85. The van der Waals surface area contributed by atoms with Crippen molar-refractivity contribution in [3.63, 3.8) is 0 Å². The molecule has 2 aliphatic rings. The molecule has 0 N–H and O–H groups in total. The maximum atomic E-state index is 14.1. The third-order valence-corrected chi connectivity index (χ3v) is 8.67. The van der Waals surface area contributed by atoms with E-state index < -0.39 is 0 Å². The van der Waals surface area contributed by atoms with Crippen LogP contribution in [0.5, 0.6) is 5.75 Å². The third-order valence-electron chi connectivity index (χ3n) is 8.67. The van der Waals surface area contributed by atoms with E-state index in [2.05, 4.69) is 29.4 Å². The molecule has 1 aromatic heterocycles. The summed E-state index contributed by atoms with van der Waals surface area (Å²) in [4.78, 5) is 34.1. The highest BCUT2D eigenvalue weighted by molar-refractivity contribution is 6.07. The number of nitrogens with zero attached hydrogens (tertiary/aromatic N) is 4. The van der Waals surface area contributed by atoms with Gasteiger partial charge < -0.3 is 19.1 Å². The molecule has 7 nitrogen and oxygen atoms in total. The zero-order valence-electron chi connectivity index (χ0n) is 24.8. The zero-order chi connectivity index (χ0) is 29.4. The molecule has 42 heavy (non-hydrogen) atoms. The number of aryl methyl sites for hydroxylation is 1. The van der Waals surface area contributed by atoms with Crippen LogP contribution in [0.15, 0.2) is 78.9 Å². The fourth-order valence-corrected chi connectivity index (χ4v) is 6.25. The van der Waals surface area contributed by atoms with Gasteiger partial charge in [0.1, 0.15) is 11.4 Å². The van der Waals surface area contributed by atoms with Crippen LogP contribution in [0.4, 0.5) is 5.69 Å². The molecule has 0 bridgehead atoms. The summed E-state index contributed by atoms with van der Waals surface area (Å²) < 4.78 is 7.68. The van der Waals surface area contributed by atoms with Gasteiger partial charge in [-0.25, -0.2) is 0 Å². The lowest BCUT2D eigenvalue weighted by molar-refractivity contribution is 0.0585. The molecule has 0 atom stereocenters. The molecule has 1 fully saturated rings. The summed E-state index contributed by atoms with van der Waals surface area (Å²) in [5.74, 6) is 0.794. The molecule has 3 heterocycles. The molecule has 0 saturated carbocycles. The molecule has 2 amide bonds. The van der Waals surface area contributed by atoms with Gasteiger partial charge in [0.15, 0.2) is 0 Å². The van der Waals surface area contributed by atoms with Crippen molar-refractivity contribution in [1.29, 1.82) is 0 Å². The first-order valence-corrected chi connectivity index (χ1v) is 14.7. The number of amides is 2. The van der Waals surface area contributed by atoms with Gasteiger partial charge in [-0.15, -0.1) is 0 Å². The molecule has 3 aromatic carbocycles. The molecular formula is C35H38N4O3. The highest BCUT2D eigenvalue weighted by atomic mass is 16.5. The summed E-state index contributed by atoms with van der Waals surface area (Å²) in [5.41, 5.74) is 7.19. The van der Waals surface area contributed by atoms with Gasteiger partial charge in [-0.2, -0.15) is 0 Å². The van der Waals surface area contributed by atoms with Gasteiger partial charge in [-0.3, -0.25) is 14.5 Å².